The van der Waals surface area contributed by atoms with Crippen molar-refractivity contribution in [3.05, 3.63) is 42.5 Å². The second-order valence-electron chi connectivity index (χ2n) is 3.85. The van der Waals surface area contributed by atoms with Gasteiger partial charge in [0, 0.05) is 12.8 Å². The Morgan fingerprint density at radius 1 is 1.56 bits per heavy atom. The number of hydrogen-bond acceptors (Lipinski definition) is 4. The monoisotopic (exact) mass is 250 g/mol. The molecule has 1 rings (SSSR count). The molecule has 0 heterocycles. The van der Waals surface area contributed by atoms with Crippen molar-refractivity contribution in [2.45, 2.75) is 12.8 Å². The third-order valence-electron chi connectivity index (χ3n) is 2.41. The van der Waals surface area contributed by atoms with Crippen LogP contribution in [0, 0.1) is 0 Å². The Kier molecular flexibility index (Phi) is 5.94. The number of aliphatic hydroxyl groups is 1. The fourth-order valence-corrected chi connectivity index (χ4v) is 1.49. The zero-order valence-corrected chi connectivity index (χ0v) is 10.5. The highest BCUT2D eigenvalue weighted by Crippen LogP contribution is 2.21. The molecule has 0 aliphatic heterocycles. The molecule has 0 saturated carbocycles. The molecule has 1 aromatic rings. The molecule has 1 aromatic carbocycles. The van der Waals surface area contributed by atoms with Gasteiger partial charge >= 0.3 is 5.97 Å². The summed E-state index contributed by atoms with van der Waals surface area (Å²) in [6, 6.07) is 7.36. The number of benzene rings is 1. The van der Waals surface area contributed by atoms with Crippen LogP contribution in [0.25, 0.3) is 0 Å². The van der Waals surface area contributed by atoms with Crippen molar-refractivity contribution in [2.24, 2.45) is 0 Å². The van der Waals surface area contributed by atoms with Crippen LogP contribution in [0.4, 0.5) is 0 Å². The van der Waals surface area contributed by atoms with E-state index in [0.29, 0.717) is 12.4 Å². The third-order valence-corrected chi connectivity index (χ3v) is 2.41. The fraction of sp³-hybridized carbons (Fsp3) is 0.357. The lowest BCUT2D eigenvalue weighted by Crippen LogP contribution is -2.14. The van der Waals surface area contributed by atoms with Crippen molar-refractivity contribution >= 4 is 5.97 Å². The summed E-state index contributed by atoms with van der Waals surface area (Å²) in [6.45, 7) is 5.43. The fourth-order valence-electron chi connectivity index (χ4n) is 1.49. The SMILES string of the molecule is C=CCOc1cccc([C@@H](CO)COC(C)=O)c1. The van der Waals surface area contributed by atoms with Gasteiger partial charge < -0.3 is 14.6 Å². The predicted octanol–water partition coefficient (Wildman–Crippen LogP) is 1.89. The van der Waals surface area contributed by atoms with E-state index in [1.807, 2.05) is 24.3 Å². The highest BCUT2D eigenvalue weighted by atomic mass is 16.5. The summed E-state index contributed by atoms with van der Waals surface area (Å²) in [6.07, 6.45) is 1.66. The first-order valence-corrected chi connectivity index (χ1v) is 5.75. The molecular formula is C14H18O4. The number of aliphatic hydroxyl groups excluding tert-OH is 1. The van der Waals surface area contributed by atoms with E-state index in [1.54, 1.807) is 6.08 Å². The van der Waals surface area contributed by atoms with E-state index in [-0.39, 0.29) is 25.1 Å². The molecule has 18 heavy (non-hydrogen) atoms. The highest BCUT2D eigenvalue weighted by Gasteiger charge is 2.12. The molecule has 4 heteroatoms. The largest absolute Gasteiger partial charge is 0.490 e. The summed E-state index contributed by atoms with van der Waals surface area (Å²) >= 11 is 0. The molecule has 1 N–H and O–H groups in total. The van der Waals surface area contributed by atoms with Gasteiger partial charge in [-0.25, -0.2) is 0 Å². The second kappa shape index (κ2) is 7.50. The van der Waals surface area contributed by atoms with Crippen LogP contribution in [0.15, 0.2) is 36.9 Å². The molecule has 0 unspecified atom stereocenters. The van der Waals surface area contributed by atoms with E-state index < -0.39 is 0 Å². The first-order valence-electron chi connectivity index (χ1n) is 5.75. The van der Waals surface area contributed by atoms with Crippen molar-refractivity contribution in [2.75, 3.05) is 19.8 Å². The molecular weight excluding hydrogens is 232 g/mol. The van der Waals surface area contributed by atoms with E-state index >= 15 is 0 Å². The van der Waals surface area contributed by atoms with E-state index in [2.05, 4.69) is 6.58 Å². The smallest absolute Gasteiger partial charge is 0.302 e. The van der Waals surface area contributed by atoms with Crippen LogP contribution in [-0.2, 0) is 9.53 Å². The van der Waals surface area contributed by atoms with Gasteiger partial charge in [0.25, 0.3) is 0 Å². The summed E-state index contributed by atoms with van der Waals surface area (Å²) in [5.41, 5.74) is 0.875. The average Bonchev–Trinajstić information content (AvgIpc) is 2.37. The van der Waals surface area contributed by atoms with Gasteiger partial charge in [-0.15, -0.1) is 0 Å². The van der Waals surface area contributed by atoms with Crippen molar-refractivity contribution < 1.29 is 19.4 Å². The zero-order valence-electron chi connectivity index (χ0n) is 10.5. The molecule has 0 amide bonds. The third kappa shape index (κ3) is 4.59. The Labute approximate surface area is 107 Å². The van der Waals surface area contributed by atoms with Crippen molar-refractivity contribution in [3.63, 3.8) is 0 Å². The van der Waals surface area contributed by atoms with Gasteiger partial charge in [-0.1, -0.05) is 24.8 Å². The standard InChI is InChI=1S/C14H18O4/c1-3-7-17-14-6-4-5-12(8-14)13(9-15)10-18-11(2)16/h3-6,8,13,15H,1,7,9-10H2,2H3/t13-/m0/s1. The molecule has 0 aliphatic carbocycles. The number of carbonyl (C=O) groups excluding carboxylic acids is 1. The maximum absolute atomic E-state index is 10.8. The first kappa shape index (κ1) is 14.3. The summed E-state index contributed by atoms with van der Waals surface area (Å²) < 4.78 is 10.3. The topological polar surface area (TPSA) is 55.8 Å². The summed E-state index contributed by atoms with van der Waals surface area (Å²) in [7, 11) is 0. The summed E-state index contributed by atoms with van der Waals surface area (Å²) in [5, 5.41) is 9.31. The lowest BCUT2D eigenvalue weighted by Gasteiger charge is -2.15. The number of carbonyl (C=O) groups is 1. The average molecular weight is 250 g/mol. The molecule has 0 spiro atoms. The van der Waals surface area contributed by atoms with E-state index in [1.165, 1.54) is 6.92 Å². The van der Waals surface area contributed by atoms with Crippen molar-refractivity contribution in [1.82, 2.24) is 0 Å². The van der Waals surface area contributed by atoms with Gasteiger partial charge in [0.15, 0.2) is 0 Å². The van der Waals surface area contributed by atoms with Crippen LogP contribution in [0.1, 0.15) is 18.4 Å². The Bertz CT molecular complexity index is 401. The van der Waals surface area contributed by atoms with Gasteiger partial charge in [0.1, 0.15) is 19.0 Å². The van der Waals surface area contributed by atoms with Crippen LogP contribution >= 0.6 is 0 Å². The van der Waals surface area contributed by atoms with Crippen LogP contribution in [0.3, 0.4) is 0 Å². The van der Waals surface area contributed by atoms with Gasteiger partial charge in [-0.2, -0.15) is 0 Å². The van der Waals surface area contributed by atoms with E-state index in [0.717, 1.165) is 5.56 Å². The van der Waals surface area contributed by atoms with Crippen LogP contribution in [-0.4, -0.2) is 30.9 Å². The van der Waals surface area contributed by atoms with Crippen molar-refractivity contribution in [1.29, 1.82) is 0 Å². The van der Waals surface area contributed by atoms with Crippen LogP contribution in [0.2, 0.25) is 0 Å². The molecule has 98 valence electrons. The molecule has 1 atom stereocenters. The lowest BCUT2D eigenvalue weighted by atomic mass is 10.0. The van der Waals surface area contributed by atoms with Gasteiger partial charge in [0.05, 0.1) is 6.61 Å². The molecule has 0 saturated heterocycles. The number of hydrogen-bond donors (Lipinski definition) is 1. The molecule has 0 aliphatic rings. The molecule has 0 radical (unpaired) electrons. The minimum absolute atomic E-state index is 0.0851. The Morgan fingerprint density at radius 3 is 2.94 bits per heavy atom. The highest BCUT2D eigenvalue weighted by molar-refractivity contribution is 5.65. The molecule has 0 fully saturated rings. The zero-order chi connectivity index (χ0) is 13.4. The van der Waals surface area contributed by atoms with E-state index in [4.69, 9.17) is 9.47 Å². The maximum Gasteiger partial charge on any atom is 0.302 e. The Morgan fingerprint density at radius 2 is 2.33 bits per heavy atom. The minimum atomic E-state index is -0.354. The first-order chi connectivity index (χ1) is 8.67. The maximum atomic E-state index is 10.8. The van der Waals surface area contributed by atoms with E-state index in [9.17, 15) is 9.90 Å². The second-order valence-corrected chi connectivity index (χ2v) is 3.85. The molecule has 0 aromatic heterocycles. The van der Waals surface area contributed by atoms with Gasteiger partial charge in [-0.3, -0.25) is 4.79 Å². The number of esters is 1. The predicted molar refractivity (Wildman–Crippen MR) is 68.6 cm³/mol. The number of rotatable bonds is 7. The van der Waals surface area contributed by atoms with Crippen LogP contribution < -0.4 is 4.74 Å². The number of ether oxygens (including phenoxy) is 2. The Balaban J connectivity index is 2.72. The normalized spacial score (nSPS) is 11.7. The van der Waals surface area contributed by atoms with Crippen molar-refractivity contribution in [3.8, 4) is 5.75 Å². The summed E-state index contributed by atoms with van der Waals surface area (Å²) in [5.74, 6) is 0.113. The van der Waals surface area contributed by atoms with Crippen LogP contribution in [0.5, 0.6) is 5.75 Å². The lowest BCUT2D eigenvalue weighted by molar-refractivity contribution is -0.141. The van der Waals surface area contributed by atoms with Gasteiger partial charge in [0.2, 0.25) is 0 Å². The summed E-state index contributed by atoms with van der Waals surface area (Å²) in [4.78, 5) is 10.8. The Hall–Kier alpha value is -1.81. The quantitative estimate of drug-likeness (QED) is 0.593. The van der Waals surface area contributed by atoms with Gasteiger partial charge in [-0.05, 0) is 17.7 Å². The molecule has 0 bridgehead atoms. The molecule has 4 nitrogen and oxygen atoms in total. The minimum Gasteiger partial charge on any atom is -0.490 e.